The molecule has 1 unspecified atom stereocenters. The summed E-state index contributed by atoms with van der Waals surface area (Å²) in [4.78, 5) is 11.7. The molecule has 0 aliphatic carbocycles. The number of halogens is 2. The third kappa shape index (κ3) is 6.78. The van der Waals surface area contributed by atoms with Crippen LogP contribution in [0.5, 0.6) is 5.75 Å². The lowest BCUT2D eigenvalue weighted by Crippen LogP contribution is -2.43. The number of rotatable bonds is 7. The first kappa shape index (κ1) is 17.7. The molecule has 0 saturated heterocycles. The molecule has 0 aliphatic rings. The largest absolute Gasteiger partial charge is 0.482 e. The molecule has 6 heteroatoms. The van der Waals surface area contributed by atoms with Crippen LogP contribution >= 0.6 is 11.6 Å². The fraction of sp³-hybridized carbons (Fsp3) is 0.533. The number of carbonyl (C=O) groups excluding carboxylic acids is 1. The molecule has 0 heterocycles. The van der Waals surface area contributed by atoms with Gasteiger partial charge in [-0.1, -0.05) is 25.4 Å². The molecule has 0 saturated carbocycles. The van der Waals surface area contributed by atoms with Gasteiger partial charge in [0, 0.05) is 6.54 Å². The summed E-state index contributed by atoms with van der Waals surface area (Å²) < 4.78 is 18.1. The topological polar surface area (TPSA) is 58.6 Å². The highest BCUT2D eigenvalue weighted by Gasteiger charge is 2.22. The molecule has 21 heavy (non-hydrogen) atoms. The van der Waals surface area contributed by atoms with Crippen LogP contribution in [0.15, 0.2) is 18.2 Å². The van der Waals surface area contributed by atoms with Crippen molar-refractivity contribution < 1.29 is 19.0 Å². The zero-order valence-electron chi connectivity index (χ0n) is 12.5. The highest BCUT2D eigenvalue weighted by atomic mass is 35.5. The summed E-state index contributed by atoms with van der Waals surface area (Å²) in [6.07, 6.45) is 0.581. The van der Waals surface area contributed by atoms with Crippen LogP contribution in [0.4, 0.5) is 4.39 Å². The number of benzene rings is 1. The number of aliphatic hydroxyl groups is 1. The summed E-state index contributed by atoms with van der Waals surface area (Å²) in [6, 6.07) is 3.68. The van der Waals surface area contributed by atoms with E-state index in [1.165, 1.54) is 12.1 Å². The molecule has 0 aliphatic heterocycles. The monoisotopic (exact) mass is 317 g/mol. The van der Waals surface area contributed by atoms with Gasteiger partial charge in [0.25, 0.3) is 5.91 Å². The number of hydrogen-bond acceptors (Lipinski definition) is 3. The first-order valence-electron chi connectivity index (χ1n) is 6.76. The van der Waals surface area contributed by atoms with Gasteiger partial charge in [0.15, 0.2) is 6.61 Å². The second-order valence-electron chi connectivity index (χ2n) is 5.74. The average Bonchev–Trinajstić information content (AvgIpc) is 2.34. The number of nitrogens with one attached hydrogen (secondary N) is 1. The molecule has 1 amide bonds. The van der Waals surface area contributed by atoms with E-state index in [0.29, 0.717) is 12.3 Å². The Balaban J connectivity index is 2.41. The third-order valence-corrected chi connectivity index (χ3v) is 3.06. The van der Waals surface area contributed by atoms with E-state index >= 15 is 0 Å². The maximum Gasteiger partial charge on any atom is 0.258 e. The van der Waals surface area contributed by atoms with Crippen molar-refractivity contribution in [2.45, 2.75) is 32.8 Å². The summed E-state index contributed by atoms with van der Waals surface area (Å²) in [7, 11) is 0. The molecule has 1 aromatic carbocycles. The van der Waals surface area contributed by atoms with Crippen LogP contribution < -0.4 is 10.1 Å². The van der Waals surface area contributed by atoms with Crippen LogP contribution in [-0.2, 0) is 4.79 Å². The van der Waals surface area contributed by atoms with Gasteiger partial charge in [0.1, 0.15) is 11.6 Å². The Hall–Kier alpha value is -1.33. The molecule has 0 radical (unpaired) electrons. The highest BCUT2D eigenvalue weighted by Crippen LogP contribution is 2.24. The zero-order valence-corrected chi connectivity index (χ0v) is 13.2. The lowest BCUT2D eigenvalue weighted by molar-refractivity contribution is -0.124. The Morgan fingerprint density at radius 1 is 1.52 bits per heavy atom. The van der Waals surface area contributed by atoms with Crippen molar-refractivity contribution in [3.63, 3.8) is 0 Å². The van der Waals surface area contributed by atoms with Gasteiger partial charge in [-0.3, -0.25) is 4.79 Å². The molecule has 2 N–H and O–H groups in total. The summed E-state index contributed by atoms with van der Waals surface area (Å²) in [5.74, 6) is -0.283. The zero-order chi connectivity index (χ0) is 16.0. The van der Waals surface area contributed by atoms with Crippen molar-refractivity contribution in [1.82, 2.24) is 5.32 Å². The molecule has 1 atom stereocenters. The van der Waals surface area contributed by atoms with Crippen molar-refractivity contribution >= 4 is 17.5 Å². The summed E-state index contributed by atoms with van der Waals surface area (Å²) in [6.45, 7) is 5.56. The van der Waals surface area contributed by atoms with Gasteiger partial charge in [-0.05, 0) is 37.5 Å². The fourth-order valence-electron chi connectivity index (χ4n) is 2.03. The van der Waals surface area contributed by atoms with E-state index in [1.807, 2.05) is 13.8 Å². The normalized spacial score (nSPS) is 13.9. The first-order valence-corrected chi connectivity index (χ1v) is 7.14. The van der Waals surface area contributed by atoms with Crippen molar-refractivity contribution in [2.75, 3.05) is 13.2 Å². The number of ether oxygens (including phenoxy) is 1. The molecular weight excluding hydrogens is 297 g/mol. The summed E-state index contributed by atoms with van der Waals surface area (Å²) in [5.41, 5.74) is -0.961. The molecule has 0 bridgehead atoms. The average molecular weight is 318 g/mol. The van der Waals surface area contributed by atoms with Gasteiger partial charge in [-0.15, -0.1) is 0 Å². The van der Waals surface area contributed by atoms with E-state index in [1.54, 1.807) is 6.92 Å². The van der Waals surface area contributed by atoms with Crippen LogP contribution in [0.3, 0.4) is 0 Å². The van der Waals surface area contributed by atoms with E-state index in [-0.39, 0.29) is 29.8 Å². The quantitative estimate of drug-likeness (QED) is 0.813. The van der Waals surface area contributed by atoms with E-state index < -0.39 is 11.4 Å². The van der Waals surface area contributed by atoms with Gasteiger partial charge in [-0.25, -0.2) is 4.39 Å². The lowest BCUT2D eigenvalue weighted by atomic mass is 9.94. The lowest BCUT2D eigenvalue weighted by Gasteiger charge is -2.25. The van der Waals surface area contributed by atoms with E-state index in [4.69, 9.17) is 16.3 Å². The smallest absolute Gasteiger partial charge is 0.258 e. The maximum atomic E-state index is 12.9. The first-order chi connectivity index (χ1) is 9.69. The second-order valence-corrected chi connectivity index (χ2v) is 6.14. The van der Waals surface area contributed by atoms with Gasteiger partial charge < -0.3 is 15.2 Å². The van der Waals surface area contributed by atoms with Crippen molar-refractivity contribution in [1.29, 1.82) is 0 Å². The second kappa shape index (κ2) is 7.61. The SMILES string of the molecule is CC(C)CC(C)(O)CNC(=O)COc1ccc(F)cc1Cl. The van der Waals surface area contributed by atoms with Crippen molar-refractivity contribution in [2.24, 2.45) is 5.92 Å². The van der Waals surface area contributed by atoms with Crippen molar-refractivity contribution in [3.8, 4) is 5.75 Å². The van der Waals surface area contributed by atoms with Crippen LogP contribution in [0.2, 0.25) is 5.02 Å². The number of amides is 1. The van der Waals surface area contributed by atoms with Crippen LogP contribution in [0.25, 0.3) is 0 Å². The maximum absolute atomic E-state index is 12.9. The van der Waals surface area contributed by atoms with E-state index in [0.717, 1.165) is 6.07 Å². The molecule has 118 valence electrons. The predicted molar refractivity (Wildman–Crippen MR) is 80.0 cm³/mol. The van der Waals surface area contributed by atoms with E-state index in [2.05, 4.69) is 5.32 Å². The summed E-state index contributed by atoms with van der Waals surface area (Å²) in [5, 5.41) is 12.8. The van der Waals surface area contributed by atoms with Crippen LogP contribution in [0, 0.1) is 11.7 Å². The predicted octanol–water partition coefficient (Wildman–Crippen LogP) is 2.77. The Kier molecular flexibility index (Phi) is 6.42. The van der Waals surface area contributed by atoms with Gasteiger partial charge in [0.05, 0.1) is 10.6 Å². The molecule has 0 fully saturated rings. The molecule has 0 aromatic heterocycles. The molecule has 0 spiro atoms. The van der Waals surface area contributed by atoms with Crippen LogP contribution in [0.1, 0.15) is 27.2 Å². The standard InChI is InChI=1S/C15H21ClFNO3/c1-10(2)7-15(3,20)9-18-14(19)8-21-13-5-4-11(17)6-12(13)16/h4-6,10,20H,7-9H2,1-3H3,(H,18,19). The highest BCUT2D eigenvalue weighted by molar-refractivity contribution is 6.32. The van der Waals surface area contributed by atoms with E-state index in [9.17, 15) is 14.3 Å². The van der Waals surface area contributed by atoms with Gasteiger partial charge in [-0.2, -0.15) is 0 Å². The number of carbonyl (C=O) groups is 1. The minimum absolute atomic E-state index is 0.106. The van der Waals surface area contributed by atoms with Gasteiger partial charge in [0.2, 0.25) is 0 Å². The van der Waals surface area contributed by atoms with Crippen LogP contribution in [-0.4, -0.2) is 29.8 Å². The Morgan fingerprint density at radius 2 is 2.19 bits per heavy atom. The Labute approximate surface area is 129 Å². The fourth-order valence-corrected chi connectivity index (χ4v) is 2.25. The van der Waals surface area contributed by atoms with Crippen molar-refractivity contribution in [3.05, 3.63) is 29.0 Å². The minimum atomic E-state index is -0.961. The Morgan fingerprint density at radius 3 is 2.76 bits per heavy atom. The number of hydrogen-bond donors (Lipinski definition) is 2. The third-order valence-electron chi connectivity index (χ3n) is 2.77. The Bertz CT molecular complexity index is 492. The molecule has 4 nitrogen and oxygen atoms in total. The molecule has 1 aromatic rings. The molecule has 1 rings (SSSR count). The summed E-state index contributed by atoms with van der Waals surface area (Å²) >= 11 is 5.78. The minimum Gasteiger partial charge on any atom is -0.482 e. The van der Waals surface area contributed by atoms with Gasteiger partial charge >= 0.3 is 0 Å². The molecular formula is C15H21ClFNO3.